The van der Waals surface area contributed by atoms with Gasteiger partial charge in [-0.2, -0.15) is 13.2 Å². The first-order valence-electron chi connectivity index (χ1n) is 8.48. The zero-order chi connectivity index (χ0) is 20.5. The molecule has 28 heavy (non-hydrogen) atoms. The Hall–Kier alpha value is -2.98. The molecule has 1 aromatic carbocycles. The summed E-state index contributed by atoms with van der Waals surface area (Å²) in [7, 11) is 0. The van der Waals surface area contributed by atoms with Crippen LogP contribution in [-0.2, 0) is 15.1 Å². The third kappa shape index (κ3) is 3.97. The topological polar surface area (TPSA) is 97.0 Å². The fourth-order valence-corrected chi connectivity index (χ4v) is 2.91. The van der Waals surface area contributed by atoms with Crippen LogP contribution in [0.4, 0.5) is 18.0 Å². The van der Waals surface area contributed by atoms with Crippen molar-refractivity contribution in [3.8, 4) is 11.5 Å². The van der Waals surface area contributed by atoms with Gasteiger partial charge in [-0.05, 0) is 24.6 Å². The van der Waals surface area contributed by atoms with Crippen LogP contribution in [0.25, 0.3) is 0 Å². The molecule has 0 radical (unpaired) electrons. The van der Waals surface area contributed by atoms with Gasteiger partial charge in [-0.15, -0.1) is 0 Å². The minimum Gasteiger partial charge on any atom is -0.490 e. The summed E-state index contributed by atoms with van der Waals surface area (Å²) >= 11 is 0. The maximum absolute atomic E-state index is 12.8. The average Bonchev–Trinajstić information content (AvgIpc) is 2.80. The Labute approximate surface area is 158 Å². The Balaban J connectivity index is 1.76. The minimum atomic E-state index is -4.59. The zero-order valence-electron chi connectivity index (χ0n) is 14.9. The maximum Gasteiger partial charge on any atom is 0.405 e. The van der Waals surface area contributed by atoms with Crippen molar-refractivity contribution in [1.82, 2.24) is 15.5 Å². The summed E-state index contributed by atoms with van der Waals surface area (Å²) in [5, 5.41) is 4.12. The molecule has 0 unspecified atom stereocenters. The van der Waals surface area contributed by atoms with E-state index in [9.17, 15) is 27.6 Å². The Morgan fingerprint density at radius 1 is 1.25 bits per heavy atom. The Kier molecular flexibility index (Phi) is 5.09. The van der Waals surface area contributed by atoms with Gasteiger partial charge in [-0.1, -0.05) is 6.07 Å². The fourth-order valence-electron chi connectivity index (χ4n) is 2.91. The summed E-state index contributed by atoms with van der Waals surface area (Å²) in [4.78, 5) is 37.2. The highest BCUT2D eigenvalue weighted by Crippen LogP contribution is 2.36. The van der Waals surface area contributed by atoms with Crippen LogP contribution in [0, 0.1) is 0 Å². The lowest BCUT2D eigenvalue weighted by atomic mass is 9.91. The number of ether oxygens (including phenoxy) is 2. The number of nitrogens with one attached hydrogen (secondary N) is 2. The van der Waals surface area contributed by atoms with E-state index in [0.717, 1.165) is 0 Å². The highest BCUT2D eigenvalue weighted by molar-refractivity contribution is 6.09. The highest BCUT2D eigenvalue weighted by Gasteiger charge is 2.50. The average molecular weight is 401 g/mol. The van der Waals surface area contributed by atoms with Gasteiger partial charge in [-0.25, -0.2) is 4.79 Å². The van der Waals surface area contributed by atoms with Crippen LogP contribution in [0.1, 0.15) is 18.9 Å². The van der Waals surface area contributed by atoms with Crippen molar-refractivity contribution in [2.45, 2.75) is 25.1 Å². The Bertz CT molecular complexity index is 814. The number of halogens is 3. The van der Waals surface area contributed by atoms with Crippen molar-refractivity contribution in [3.05, 3.63) is 23.8 Å². The first-order valence-corrected chi connectivity index (χ1v) is 8.48. The van der Waals surface area contributed by atoms with Gasteiger partial charge in [0.1, 0.15) is 18.6 Å². The zero-order valence-corrected chi connectivity index (χ0v) is 14.9. The highest BCUT2D eigenvalue weighted by atomic mass is 19.4. The second-order valence-corrected chi connectivity index (χ2v) is 6.55. The van der Waals surface area contributed by atoms with E-state index in [0.29, 0.717) is 41.6 Å². The normalized spacial score (nSPS) is 21.9. The number of imide groups is 1. The van der Waals surface area contributed by atoms with Crippen LogP contribution in [0.5, 0.6) is 11.5 Å². The number of nitrogens with zero attached hydrogens (tertiary/aromatic N) is 1. The van der Waals surface area contributed by atoms with E-state index in [2.05, 4.69) is 5.32 Å². The standard InChI is InChI=1S/C17H18F3N3O5/c1-16(10-3-4-11-12(7-10)28-6-2-5-27-11)14(25)23(15(26)22-16)8-13(24)21-9-17(18,19)20/h3-4,7H,2,5-6,8-9H2,1H3,(H,21,24)(H,22,26)/t16-/m0/s1. The first-order chi connectivity index (χ1) is 13.1. The molecule has 8 nitrogen and oxygen atoms in total. The number of benzene rings is 1. The molecule has 2 N–H and O–H groups in total. The summed E-state index contributed by atoms with van der Waals surface area (Å²) < 4.78 is 47.7. The van der Waals surface area contributed by atoms with E-state index in [4.69, 9.17) is 9.47 Å². The third-order valence-electron chi connectivity index (χ3n) is 4.39. The van der Waals surface area contributed by atoms with E-state index in [1.807, 2.05) is 0 Å². The van der Waals surface area contributed by atoms with Crippen LogP contribution in [0.15, 0.2) is 18.2 Å². The fraction of sp³-hybridized carbons (Fsp3) is 0.471. The minimum absolute atomic E-state index is 0.397. The van der Waals surface area contributed by atoms with E-state index in [-0.39, 0.29) is 0 Å². The summed E-state index contributed by atoms with van der Waals surface area (Å²) in [6.07, 6.45) is -3.90. The monoisotopic (exact) mass is 401 g/mol. The largest absolute Gasteiger partial charge is 0.490 e. The molecule has 2 heterocycles. The number of amides is 4. The summed E-state index contributed by atoms with van der Waals surface area (Å²) in [6, 6.07) is 3.88. The molecular formula is C17H18F3N3O5. The SMILES string of the molecule is C[C@@]1(c2ccc3c(c2)OCCCO3)NC(=O)N(CC(=O)NCC(F)(F)F)C1=O. The number of hydrogen-bond acceptors (Lipinski definition) is 5. The molecule has 0 saturated carbocycles. The Morgan fingerprint density at radius 2 is 1.93 bits per heavy atom. The van der Waals surface area contributed by atoms with E-state index in [1.54, 1.807) is 23.5 Å². The Morgan fingerprint density at radius 3 is 2.61 bits per heavy atom. The molecule has 0 aliphatic carbocycles. The second kappa shape index (κ2) is 7.21. The van der Waals surface area contributed by atoms with Crippen LogP contribution in [0.3, 0.4) is 0 Å². The molecule has 1 atom stereocenters. The van der Waals surface area contributed by atoms with Crippen molar-refractivity contribution in [3.63, 3.8) is 0 Å². The lowest BCUT2D eigenvalue weighted by Crippen LogP contribution is -2.44. The lowest BCUT2D eigenvalue weighted by Gasteiger charge is -2.23. The van der Waals surface area contributed by atoms with Crippen LogP contribution >= 0.6 is 0 Å². The van der Waals surface area contributed by atoms with E-state index < -0.39 is 42.7 Å². The van der Waals surface area contributed by atoms with E-state index >= 15 is 0 Å². The van der Waals surface area contributed by atoms with Gasteiger partial charge >= 0.3 is 12.2 Å². The number of carbonyl (C=O) groups is 3. The van der Waals surface area contributed by atoms with Gasteiger partial charge in [0, 0.05) is 6.42 Å². The second-order valence-electron chi connectivity index (χ2n) is 6.55. The van der Waals surface area contributed by atoms with Gasteiger partial charge in [0.25, 0.3) is 5.91 Å². The first kappa shape index (κ1) is 19.8. The van der Waals surface area contributed by atoms with Crippen LogP contribution in [0.2, 0.25) is 0 Å². The summed E-state index contributed by atoms with van der Waals surface area (Å²) in [6.45, 7) is -0.00495. The lowest BCUT2D eigenvalue weighted by molar-refractivity contribution is -0.141. The van der Waals surface area contributed by atoms with Gasteiger partial charge in [0.15, 0.2) is 11.5 Å². The number of alkyl halides is 3. The molecule has 2 aliphatic heterocycles. The number of carbonyl (C=O) groups excluding carboxylic acids is 3. The molecule has 4 amide bonds. The number of fused-ring (bicyclic) bond motifs is 1. The number of rotatable bonds is 4. The van der Waals surface area contributed by atoms with Crippen molar-refractivity contribution in [1.29, 1.82) is 0 Å². The molecule has 152 valence electrons. The molecule has 3 rings (SSSR count). The molecule has 0 bridgehead atoms. The predicted octanol–water partition coefficient (Wildman–Crippen LogP) is 1.29. The summed E-state index contributed by atoms with van der Waals surface area (Å²) in [5.74, 6) is -0.928. The molecule has 2 aliphatic rings. The van der Waals surface area contributed by atoms with Crippen LogP contribution < -0.4 is 20.1 Å². The van der Waals surface area contributed by atoms with E-state index in [1.165, 1.54) is 6.92 Å². The smallest absolute Gasteiger partial charge is 0.405 e. The van der Waals surface area contributed by atoms with Crippen molar-refractivity contribution < 1.29 is 37.0 Å². The number of hydrogen-bond donors (Lipinski definition) is 2. The predicted molar refractivity (Wildman–Crippen MR) is 88.7 cm³/mol. The van der Waals surface area contributed by atoms with Crippen LogP contribution in [-0.4, -0.2) is 55.2 Å². The van der Waals surface area contributed by atoms with Gasteiger partial charge in [0.2, 0.25) is 5.91 Å². The van der Waals surface area contributed by atoms with Gasteiger partial charge < -0.3 is 20.1 Å². The molecule has 1 fully saturated rings. The van der Waals surface area contributed by atoms with Gasteiger partial charge in [-0.3, -0.25) is 14.5 Å². The quantitative estimate of drug-likeness (QED) is 0.742. The molecular weight excluding hydrogens is 383 g/mol. The van der Waals surface area contributed by atoms with Crippen molar-refractivity contribution in [2.75, 3.05) is 26.3 Å². The molecule has 11 heteroatoms. The molecule has 1 saturated heterocycles. The maximum atomic E-state index is 12.8. The van der Waals surface area contributed by atoms with Gasteiger partial charge in [0.05, 0.1) is 13.2 Å². The molecule has 0 aromatic heterocycles. The summed E-state index contributed by atoms with van der Waals surface area (Å²) in [5.41, 5.74) is -1.10. The van der Waals surface area contributed by atoms with Crippen molar-refractivity contribution >= 4 is 17.8 Å². The molecule has 0 spiro atoms. The third-order valence-corrected chi connectivity index (χ3v) is 4.39. The molecule has 1 aromatic rings. The number of urea groups is 1. The van der Waals surface area contributed by atoms with Crippen molar-refractivity contribution in [2.24, 2.45) is 0 Å².